The van der Waals surface area contributed by atoms with E-state index in [1.165, 1.54) is 12.8 Å². The molecule has 0 unspecified atom stereocenters. The number of ether oxygens (including phenoxy) is 1. The molecular formula is C11H20ClNO2. The third-order valence-electron chi connectivity index (χ3n) is 2.65. The molecule has 1 fully saturated rings. The van der Waals surface area contributed by atoms with Crippen molar-refractivity contribution in [3.63, 3.8) is 0 Å². The Bertz CT molecular complexity index is 187. The van der Waals surface area contributed by atoms with Crippen LogP contribution in [0.2, 0.25) is 0 Å². The van der Waals surface area contributed by atoms with Gasteiger partial charge in [0.25, 0.3) is 0 Å². The predicted molar refractivity (Wildman–Crippen MR) is 61.2 cm³/mol. The second kappa shape index (κ2) is 7.94. The minimum absolute atomic E-state index is 0.282. The van der Waals surface area contributed by atoms with Crippen molar-refractivity contribution in [3.05, 3.63) is 0 Å². The van der Waals surface area contributed by atoms with E-state index in [4.69, 9.17) is 16.3 Å². The number of halogens is 1. The highest BCUT2D eigenvalue weighted by Crippen LogP contribution is 2.11. The van der Waals surface area contributed by atoms with Crippen LogP contribution >= 0.6 is 11.6 Å². The quantitative estimate of drug-likeness (QED) is 0.537. The average molecular weight is 234 g/mol. The standard InChI is InChI=1S/C11H20ClNO2/c12-6-9-15-10-8-13-7-4-2-1-3-5-11(13)14/h1-10H2. The fraction of sp³-hybridized carbons (Fsp3) is 0.909. The topological polar surface area (TPSA) is 29.5 Å². The van der Waals surface area contributed by atoms with Gasteiger partial charge in [-0.2, -0.15) is 0 Å². The van der Waals surface area contributed by atoms with E-state index in [1.54, 1.807) is 0 Å². The van der Waals surface area contributed by atoms with Gasteiger partial charge in [0.05, 0.1) is 13.2 Å². The van der Waals surface area contributed by atoms with E-state index < -0.39 is 0 Å². The van der Waals surface area contributed by atoms with Crippen molar-refractivity contribution in [2.45, 2.75) is 32.1 Å². The van der Waals surface area contributed by atoms with E-state index in [-0.39, 0.29) is 5.91 Å². The molecule has 0 bridgehead atoms. The number of amides is 1. The maximum atomic E-state index is 11.7. The van der Waals surface area contributed by atoms with Gasteiger partial charge < -0.3 is 9.64 Å². The summed E-state index contributed by atoms with van der Waals surface area (Å²) in [6.07, 6.45) is 5.31. The monoisotopic (exact) mass is 233 g/mol. The Morgan fingerprint density at radius 2 is 2.00 bits per heavy atom. The Morgan fingerprint density at radius 3 is 2.80 bits per heavy atom. The molecule has 0 aliphatic carbocycles. The van der Waals surface area contributed by atoms with Gasteiger partial charge >= 0.3 is 0 Å². The highest BCUT2D eigenvalue weighted by atomic mass is 35.5. The smallest absolute Gasteiger partial charge is 0.222 e. The van der Waals surface area contributed by atoms with Crippen LogP contribution in [0.1, 0.15) is 32.1 Å². The molecule has 1 rings (SSSR count). The summed E-state index contributed by atoms with van der Waals surface area (Å²) in [6, 6.07) is 0. The first-order valence-electron chi connectivity index (χ1n) is 5.76. The molecule has 1 amide bonds. The Labute approximate surface area is 96.7 Å². The number of alkyl halides is 1. The molecule has 0 saturated carbocycles. The summed E-state index contributed by atoms with van der Waals surface area (Å²) in [7, 11) is 0. The van der Waals surface area contributed by atoms with Gasteiger partial charge in [0.1, 0.15) is 0 Å². The Hall–Kier alpha value is -0.280. The van der Waals surface area contributed by atoms with E-state index >= 15 is 0 Å². The molecule has 1 heterocycles. The zero-order valence-corrected chi connectivity index (χ0v) is 9.97. The Morgan fingerprint density at radius 1 is 1.20 bits per heavy atom. The van der Waals surface area contributed by atoms with Gasteiger partial charge in [-0.25, -0.2) is 0 Å². The van der Waals surface area contributed by atoms with Crippen LogP contribution in [-0.2, 0) is 9.53 Å². The minimum Gasteiger partial charge on any atom is -0.378 e. The Balaban J connectivity index is 2.20. The van der Waals surface area contributed by atoms with E-state index in [1.807, 2.05) is 4.90 Å². The van der Waals surface area contributed by atoms with Crippen LogP contribution in [0.5, 0.6) is 0 Å². The Kier molecular flexibility index (Phi) is 6.77. The molecule has 0 spiro atoms. The summed E-state index contributed by atoms with van der Waals surface area (Å²) in [5.41, 5.74) is 0. The maximum absolute atomic E-state index is 11.7. The lowest BCUT2D eigenvalue weighted by atomic mass is 10.1. The van der Waals surface area contributed by atoms with Gasteiger partial charge in [-0.1, -0.05) is 12.8 Å². The van der Waals surface area contributed by atoms with Crippen LogP contribution in [0, 0.1) is 0 Å². The molecule has 0 aromatic carbocycles. The van der Waals surface area contributed by atoms with Crippen LogP contribution in [0.25, 0.3) is 0 Å². The second-order valence-corrected chi connectivity index (χ2v) is 4.22. The molecule has 4 heteroatoms. The zero-order valence-electron chi connectivity index (χ0n) is 9.21. The van der Waals surface area contributed by atoms with Gasteiger partial charge in [0, 0.05) is 25.4 Å². The van der Waals surface area contributed by atoms with E-state index in [9.17, 15) is 4.79 Å². The third kappa shape index (κ3) is 5.38. The van der Waals surface area contributed by atoms with Gasteiger partial charge in [-0.15, -0.1) is 11.6 Å². The molecule has 0 atom stereocenters. The van der Waals surface area contributed by atoms with E-state index in [0.29, 0.717) is 25.5 Å². The molecule has 3 nitrogen and oxygen atoms in total. The van der Waals surface area contributed by atoms with Crippen molar-refractivity contribution in [2.24, 2.45) is 0 Å². The minimum atomic E-state index is 0.282. The summed E-state index contributed by atoms with van der Waals surface area (Å²) in [5, 5.41) is 0. The fourth-order valence-electron chi connectivity index (χ4n) is 1.78. The van der Waals surface area contributed by atoms with Gasteiger partial charge in [-0.05, 0) is 12.8 Å². The molecule has 1 aliphatic heterocycles. The fourth-order valence-corrected chi connectivity index (χ4v) is 1.89. The maximum Gasteiger partial charge on any atom is 0.222 e. The second-order valence-electron chi connectivity index (χ2n) is 3.85. The van der Waals surface area contributed by atoms with Gasteiger partial charge in [-0.3, -0.25) is 4.79 Å². The number of likely N-dealkylation sites (tertiary alicyclic amines) is 1. The third-order valence-corrected chi connectivity index (χ3v) is 2.80. The first-order valence-corrected chi connectivity index (χ1v) is 6.29. The van der Waals surface area contributed by atoms with Crippen molar-refractivity contribution in [2.75, 3.05) is 32.2 Å². The molecule has 0 aromatic rings. The average Bonchev–Trinajstić information content (AvgIpc) is 2.22. The van der Waals surface area contributed by atoms with Gasteiger partial charge in [0.2, 0.25) is 5.91 Å². The first-order chi connectivity index (χ1) is 7.34. The predicted octanol–water partition coefficient (Wildman–Crippen LogP) is 2.03. The SMILES string of the molecule is O=C1CCCCCCN1CCOCCCl. The molecule has 0 radical (unpaired) electrons. The molecule has 0 N–H and O–H groups in total. The lowest BCUT2D eigenvalue weighted by molar-refractivity contribution is -0.132. The summed E-state index contributed by atoms with van der Waals surface area (Å²) in [4.78, 5) is 13.6. The van der Waals surface area contributed by atoms with Gasteiger partial charge in [0.15, 0.2) is 0 Å². The number of hydrogen-bond acceptors (Lipinski definition) is 2. The first kappa shape index (κ1) is 12.8. The largest absolute Gasteiger partial charge is 0.378 e. The molecule has 1 saturated heterocycles. The lowest BCUT2D eigenvalue weighted by Crippen LogP contribution is -2.35. The van der Waals surface area contributed by atoms with Crippen molar-refractivity contribution < 1.29 is 9.53 Å². The van der Waals surface area contributed by atoms with Crippen LogP contribution in [0.3, 0.4) is 0 Å². The molecule has 15 heavy (non-hydrogen) atoms. The van der Waals surface area contributed by atoms with Crippen molar-refractivity contribution in [1.82, 2.24) is 4.90 Å². The summed E-state index contributed by atoms with van der Waals surface area (Å²) in [5.74, 6) is 0.803. The number of carbonyl (C=O) groups is 1. The number of rotatable bonds is 5. The highest BCUT2D eigenvalue weighted by molar-refractivity contribution is 6.17. The molecule has 88 valence electrons. The van der Waals surface area contributed by atoms with E-state index in [2.05, 4.69) is 0 Å². The summed E-state index contributed by atoms with van der Waals surface area (Å²) in [6.45, 7) is 2.79. The van der Waals surface area contributed by atoms with Crippen molar-refractivity contribution >= 4 is 17.5 Å². The van der Waals surface area contributed by atoms with Crippen LogP contribution in [0.4, 0.5) is 0 Å². The van der Waals surface area contributed by atoms with Crippen LogP contribution < -0.4 is 0 Å². The van der Waals surface area contributed by atoms with Crippen LogP contribution in [0.15, 0.2) is 0 Å². The van der Waals surface area contributed by atoms with Crippen molar-refractivity contribution in [1.29, 1.82) is 0 Å². The summed E-state index contributed by atoms with van der Waals surface area (Å²) < 4.78 is 5.28. The number of carbonyl (C=O) groups excluding carboxylic acids is 1. The van der Waals surface area contributed by atoms with E-state index in [0.717, 1.165) is 25.9 Å². The molecule has 0 aromatic heterocycles. The molecular weight excluding hydrogens is 214 g/mol. The number of nitrogens with zero attached hydrogens (tertiary/aromatic N) is 1. The highest BCUT2D eigenvalue weighted by Gasteiger charge is 2.14. The normalized spacial score (nSPS) is 18.7. The van der Waals surface area contributed by atoms with Crippen molar-refractivity contribution in [3.8, 4) is 0 Å². The molecule has 1 aliphatic rings. The van der Waals surface area contributed by atoms with Crippen LogP contribution in [-0.4, -0.2) is 43.0 Å². The zero-order chi connectivity index (χ0) is 10.9. The lowest BCUT2D eigenvalue weighted by Gasteiger charge is -2.24. The number of hydrogen-bond donors (Lipinski definition) is 0. The summed E-state index contributed by atoms with van der Waals surface area (Å²) >= 11 is 5.49.